The van der Waals surface area contributed by atoms with Gasteiger partial charge in [-0.3, -0.25) is 4.79 Å². The third kappa shape index (κ3) is 2.05. The molecule has 2 atom stereocenters. The number of fused-ring (bicyclic) bond motifs is 2. The van der Waals surface area contributed by atoms with Gasteiger partial charge in [0.2, 0.25) is 5.95 Å². The van der Waals surface area contributed by atoms with Crippen LogP contribution in [-0.2, 0) is 0 Å². The first-order chi connectivity index (χ1) is 8.63. The standard InChI is InChI=1S/C14H17FN2O/c1-8-12(4-5-13(15)16-8)14(18)9-6-10-2-3-11(7-9)17-10/h4-5,9-11,17H,2-3,6-7H2,1H3. The van der Waals surface area contributed by atoms with Crippen LogP contribution in [0.3, 0.4) is 0 Å². The summed E-state index contributed by atoms with van der Waals surface area (Å²) in [5.74, 6) is -0.303. The Kier molecular flexibility index (Phi) is 2.90. The molecule has 3 rings (SSSR count). The molecule has 18 heavy (non-hydrogen) atoms. The highest BCUT2D eigenvalue weighted by atomic mass is 19.1. The molecule has 0 aliphatic carbocycles. The van der Waals surface area contributed by atoms with E-state index in [1.165, 1.54) is 18.9 Å². The van der Waals surface area contributed by atoms with Crippen LogP contribution in [0.4, 0.5) is 4.39 Å². The second-order valence-corrected chi connectivity index (χ2v) is 5.44. The first-order valence-electron chi connectivity index (χ1n) is 6.57. The number of piperidine rings is 1. The highest BCUT2D eigenvalue weighted by molar-refractivity contribution is 5.98. The Hall–Kier alpha value is -1.29. The second-order valence-electron chi connectivity index (χ2n) is 5.44. The van der Waals surface area contributed by atoms with Crippen molar-refractivity contribution in [3.63, 3.8) is 0 Å². The smallest absolute Gasteiger partial charge is 0.213 e. The molecule has 0 amide bonds. The van der Waals surface area contributed by atoms with E-state index in [0.717, 1.165) is 12.8 Å². The fraction of sp³-hybridized carbons (Fsp3) is 0.571. The number of halogens is 1. The molecule has 2 unspecified atom stereocenters. The molecule has 0 radical (unpaired) electrons. The molecule has 4 heteroatoms. The average Bonchev–Trinajstić information content (AvgIpc) is 2.67. The fourth-order valence-electron chi connectivity index (χ4n) is 3.28. The molecular formula is C14H17FN2O. The van der Waals surface area contributed by atoms with E-state index >= 15 is 0 Å². The van der Waals surface area contributed by atoms with E-state index < -0.39 is 5.95 Å². The molecule has 2 aliphatic heterocycles. The van der Waals surface area contributed by atoms with E-state index in [1.54, 1.807) is 13.0 Å². The van der Waals surface area contributed by atoms with Crippen molar-refractivity contribution in [1.82, 2.24) is 10.3 Å². The summed E-state index contributed by atoms with van der Waals surface area (Å²) < 4.78 is 13.0. The molecular weight excluding hydrogens is 231 g/mol. The van der Waals surface area contributed by atoms with Gasteiger partial charge in [0.1, 0.15) is 0 Å². The number of aromatic nitrogens is 1. The Balaban J connectivity index is 1.82. The van der Waals surface area contributed by atoms with Gasteiger partial charge in [-0.2, -0.15) is 4.39 Å². The minimum Gasteiger partial charge on any atom is -0.311 e. The molecule has 1 N–H and O–H groups in total. The van der Waals surface area contributed by atoms with Gasteiger partial charge in [-0.05, 0) is 44.7 Å². The predicted octanol–water partition coefficient (Wildman–Crippen LogP) is 2.24. The minimum absolute atomic E-state index is 0.0784. The van der Waals surface area contributed by atoms with Crippen molar-refractivity contribution >= 4 is 5.78 Å². The van der Waals surface area contributed by atoms with Crippen LogP contribution < -0.4 is 5.32 Å². The van der Waals surface area contributed by atoms with Crippen molar-refractivity contribution in [2.45, 2.75) is 44.7 Å². The maximum absolute atomic E-state index is 13.0. The zero-order valence-electron chi connectivity index (χ0n) is 10.4. The summed E-state index contributed by atoms with van der Waals surface area (Å²) in [5, 5.41) is 3.52. The van der Waals surface area contributed by atoms with E-state index in [4.69, 9.17) is 0 Å². The van der Waals surface area contributed by atoms with Crippen molar-refractivity contribution in [3.8, 4) is 0 Å². The van der Waals surface area contributed by atoms with Gasteiger partial charge in [0.15, 0.2) is 5.78 Å². The maximum Gasteiger partial charge on any atom is 0.213 e. The Morgan fingerprint density at radius 3 is 2.61 bits per heavy atom. The SMILES string of the molecule is Cc1nc(F)ccc1C(=O)C1CC2CCC(C1)N2. The summed E-state index contributed by atoms with van der Waals surface area (Å²) in [5.41, 5.74) is 1.09. The van der Waals surface area contributed by atoms with E-state index in [9.17, 15) is 9.18 Å². The zero-order valence-corrected chi connectivity index (χ0v) is 10.4. The number of hydrogen-bond donors (Lipinski definition) is 1. The molecule has 1 aromatic heterocycles. The predicted molar refractivity (Wildman–Crippen MR) is 65.9 cm³/mol. The Bertz CT molecular complexity index is 477. The molecule has 2 fully saturated rings. The van der Waals surface area contributed by atoms with Gasteiger partial charge in [0, 0.05) is 23.6 Å². The van der Waals surface area contributed by atoms with Crippen molar-refractivity contribution in [2.24, 2.45) is 5.92 Å². The molecule has 3 nitrogen and oxygen atoms in total. The molecule has 0 spiro atoms. The quantitative estimate of drug-likeness (QED) is 0.644. The number of ketones is 1. The summed E-state index contributed by atoms with van der Waals surface area (Å²) in [7, 11) is 0. The van der Waals surface area contributed by atoms with Gasteiger partial charge in [0.25, 0.3) is 0 Å². The Morgan fingerprint density at radius 2 is 2.00 bits per heavy atom. The number of pyridine rings is 1. The van der Waals surface area contributed by atoms with Gasteiger partial charge in [0.05, 0.1) is 5.69 Å². The minimum atomic E-state index is -0.519. The summed E-state index contributed by atoms with van der Waals surface area (Å²) in [4.78, 5) is 16.2. The lowest BCUT2D eigenvalue weighted by Crippen LogP contribution is -2.40. The highest BCUT2D eigenvalue weighted by Crippen LogP contribution is 2.33. The lowest BCUT2D eigenvalue weighted by Gasteiger charge is -2.28. The number of aryl methyl sites for hydroxylation is 1. The lowest BCUT2D eigenvalue weighted by molar-refractivity contribution is 0.0874. The van der Waals surface area contributed by atoms with Crippen molar-refractivity contribution < 1.29 is 9.18 Å². The lowest BCUT2D eigenvalue weighted by atomic mass is 9.85. The number of nitrogens with zero attached hydrogens (tertiary/aromatic N) is 1. The number of Topliss-reactive ketones (excluding diaryl/α,β-unsaturated/α-hetero) is 1. The number of nitrogens with one attached hydrogen (secondary N) is 1. The van der Waals surface area contributed by atoms with Gasteiger partial charge in [-0.1, -0.05) is 0 Å². The summed E-state index contributed by atoms with van der Waals surface area (Å²) >= 11 is 0. The van der Waals surface area contributed by atoms with Crippen LogP contribution in [0.15, 0.2) is 12.1 Å². The fourth-order valence-corrected chi connectivity index (χ4v) is 3.28. The number of carbonyl (C=O) groups is 1. The number of carbonyl (C=O) groups excluding carboxylic acids is 1. The topological polar surface area (TPSA) is 42.0 Å². The van der Waals surface area contributed by atoms with Crippen molar-refractivity contribution in [2.75, 3.05) is 0 Å². The van der Waals surface area contributed by atoms with E-state index in [2.05, 4.69) is 10.3 Å². The van der Waals surface area contributed by atoms with E-state index in [1.807, 2.05) is 0 Å². The van der Waals surface area contributed by atoms with E-state index in [0.29, 0.717) is 23.3 Å². The van der Waals surface area contributed by atoms with Crippen LogP contribution in [0, 0.1) is 18.8 Å². The molecule has 2 saturated heterocycles. The zero-order chi connectivity index (χ0) is 12.7. The normalized spacial score (nSPS) is 30.4. The molecule has 1 aromatic rings. The molecule has 0 saturated carbocycles. The first-order valence-corrected chi connectivity index (χ1v) is 6.57. The van der Waals surface area contributed by atoms with Crippen LogP contribution in [-0.4, -0.2) is 22.9 Å². The monoisotopic (exact) mass is 248 g/mol. The van der Waals surface area contributed by atoms with E-state index in [-0.39, 0.29) is 11.7 Å². The average molecular weight is 248 g/mol. The van der Waals surface area contributed by atoms with Gasteiger partial charge < -0.3 is 5.32 Å². The maximum atomic E-state index is 13.0. The van der Waals surface area contributed by atoms with Gasteiger partial charge in [-0.25, -0.2) is 4.98 Å². The largest absolute Gasteiger partial charge is 0.311 e. The molecule has 0 aromatic carbocycles. The summed E-state index contributed by atoms with van der Waals surface area (Å²) in [6.07, 6.45) is 4.17. The Morgan fingerprint density at radius 1 is 1.33 bits per heavy atom. The number of rotatable bonds is 2. The molecule has 96 valence electrons. The van der Waals surface area contributed by atoms with Crippen LogP contribution in [0.1, 0.15) is 41.7 Å². The van der Waals surface area contributed by atoms with Gasteiger partial charge in [-0.15, -0.1) is 0 Å². The third-order valence-corrected chi connectivity index (χ3v) is 4.16. The van der Waals surface area contributed by atoms with Crippen LogP contribution in [0.5, 0.6) is 0 Å². The Labute approximate surface area is 106 Å². The van der Waals surface area contributed by atoms with Gasteiger partial charge >= 0.3 is 0 Å². The first kappa shape index (κ1) is 11.8. The van der Waals surface area contributed by atoms with Crippen LogP contribution in [0.25, 0.3) is 0 Å². The second kappa shape index (κ2) is 4.43. The highest BCUT2D eigenvalue weighted by Gasteiger charge is 2.37. The molecule has 2 bridgehead atoms. The summed E-state index contributed by atoms with van der Waals surface area (Å²) in [6, 6.07) is 3.83. The molecule has 2 aliphatic rings. The molecule has 3 heterocycles. The third-order valence-electron chi connectivity index (χ3n) is 4.16. The summed E-state index contributed by atoms with van der Waals surface area (Å²) in [6.45, 7) is 1.70. The van der Waals surface area contributed by atoms with Crippen LogP contribution in [0.2, 0.25) is 0 Å². The number of hydrogen-bond acceptors (Lipinski definition) is 3. The van der Waals surface area contributed by atoms with Crippen LogP contribution >= 0.6 is 0 Å². The van der Waals surface area contributed by atoms with Crippen molar-refractivity contribution in [1.29, 1.82) is 0 Å². The van der Waals surface area contributed by atoms with Crippen molar-refractivity contribution in [3.05, 3.63) is 29.3 Å².